The third-order valence-electron chi connectivity index (χ3n) is 4.19. The van der Waals surface area contributed by atoms with Gasteiger partial charge in [-0.15, -0.1) is 0 Å². The van der Waals surface area contributed by atoms with Crippen LogP contribution in [0.2, 0.25) is 5.82 Å². The van der Waals surface area contributed by atoms with Crippen molar-refractivity contribution in [3.8, 4) is 0 Å². The largest absolute Gasteiger partial charge is 0.461 e. The highest BCUT2D eigenvalue weighted by Crippen LogP contribution is 2.33. The van der Waals surface area contributed by atoms with Crippen molar-refractivity contribution in [2.24, 2.45) is 0 Å². The summed E-state index contributed by atoms with van der Waals surface area (Å²) in [4.78, 5) is 24.0. The number of imide groups is 1. The Morgan fingerprint density at radius 2 is 1.88 bits per heavy atom. The minimum absolute atomic E-state index is 0.291. The van der Waals surface area contributed by atoms with Gasteiger partial charge in [-0.05, 0) is 12.0 Å². The summed E-state index contributed by atoms with van der Waals surface area (Å²) in [5.41, 5.74) is -0.0703. The fourth-order valence-electron chi connectivity index (χ4n) is 2.79. The molecule has 2 atom stereocenters. The molecule has 0 aromatic heterocycles. The number of carbonyl (C=O) groups is 2. The van der Waals surface area contributed by atoms with E-state index in [1.165, 1.54) is 0 Å². The minimum atomic E-state index is -1.63. The topological polar surface area (TPSA) is 111 Å². The van der Waals surface area contributed by atoms with Gasteiger partial charge in [-0.3, -0.25) is 5.32 Å². The Morgan fingerprint density at radius 1 is 1.16 bits per heavy atom. The molecule has 0 bridgehead atoms. The molecule has 1 aliphatic rings. The molecule has 0 saturated carbocycles. The Hall–Kier alpha value is -2.58. The molecule has 1 unspecified atom stereocenters. The summed E-state index contributed by atoms with van der Waals surface area (Å²) >= 11 is 0. The average Bonchev–Trinajstić information content (AvgIpc) is 2.61. The molecule has 4 amide bonds. The monoisotopic (exact) mass is 343 g/mol. The molecule has 25 heavy (non-hydrogen) atoms. The molecule has 0 spiro atoms. The smallest absolute Gasteiger partial charge is 0.427 e. The van der Waals surface area contributed by atoms with Crippen LogP contribution in [0.4, 0.5) is 9.59 Å². The van der Waals surface area contributed by atoms with Crippen LogP contribution in [0.15, 0.2) is 54.6 Å². The molecule has 0 heterocycles. The fourth-order valence-corrected chi connectivity index (χ4v) is 2.79. The third-order valence-corrected chi connectivity index (χ3v) is 4.19. The lowest BCUT2D eigenvalue weighted by atomic mass is 9.59. The molecule has 5 N–H and O–H groups in total. The van der Waals surface area contributed by atoms with Gasteiger partial charge in [0.05, 0.1) is 5.54 Å². The number of nitrogens with one attached hydrogen (secondary N) is 3. The highest BCUT2D eigenvalue weighted by Gasteiger charge is 2.42. The van der Waals surface area contributed by atoms with E-state index in [0.29, 0.717) is 13.0 Å². The Kier molecular flexibility index (Phi) is 6.38. The van der Waals surface area contributed by atoms with E-state index in [0.717, 1.165) is 5.56 Å². The van der Waals surface area contributed by atoms with Gasteiger partial charge in [-0.1, -0.05) is 61.6 Å². The van der Waals surface area contributed by atoms with Crippen molar-refractivity contribution in [1.82, 2.24) is 16.0 Å². The molecule has 0 radical (unpaired) electrons. The number of urea groups is 2. The third kappa shape index (κ3) is 4.95. The first-order valence-corrected chi connectivity index (χ1v) is 8.10. The summed E-state index contributed by atoms with van der Waals surface area (Å²) in [5, 5.41) is 26.6. The van der Waals surface area contributed by atoms with Crippen LogP contribution in [0.25, 0.3) is 0 Å². The van der Waals surface area contributed by atoms with Gasteiger partial charge in [0.25, 0.3) is 0 Å². The van der Waals surface area contributed by atoms with Crippen molar-refractivity contribution in [3.05, 3.63) is 60.2 Å². The zero-order valence-corrected chi connectivity index (χ0v) is 14.0. The van der Waals surface area contributed by atoms with Gasteiger partial charge >= 0.3 is 19.2 Å². The number of amides is 4. The first-order chi connectivity index (χ1) is 12.0. The summed E-state index contributed by atoms with van der Waals surface area (Å²) in [6.07, 6.45) is 7.14. The molecule has 1 aromatic rings. The molecule has 0 saturated heterocycles. The summed E-state index contributed by atoms with van der Waals surface area (Å²) in [5.74, 6) is -0.708. The van der Waals surface area contributed by atoms with Crippen LogP contribution in [0.1, 0.15) is 18.9 Å². The predicted octanol–water partition coefficient (Wildman–Crippen LogP) is 1.31. The van der Waals surface area contributed by atoms with Gasteiger partial charge < -0.3 is 20.7 Å². The van der Waals surface area contributed by atoms with E-state index in [1.807, 2.05) is 37.3 Å². The van der Waals surface area contributed by atoms with E-state index in [2.05, 4.69) is 16.0 Å². The number of hydrogen-bond donors (Lipinski definition) is 5. The first-order valence-electron chi connectivity index (χ1n) is 8.10. The van der Waals surface area contributed by atoms with Crippen LogP contribution in [-0.2, 0) is 6.54 Å². The second-order valence-electron chi connectivity index (χ2n) is 5.82. The molecule has 8 heteroatoms. The number of allylic oxidation sites excluding steroid dienone is 2. The fraction of sp³-hybridized carbons (Fsp3) is 0.294. The van der Waals surface area contributed by atoms with E-state index in [-0.39, 0.29) is 0 Å². The molecule has 1 aliphatic carbocycles. The Balaban J connectivity index is 1.92. The van der Waals surface area contributed by atoms with Gasteiger partial charge in [0, 0.05) is 12.4 Å². The van der Waals surface area contributed by atoms with Crippen molar-refractivity contribution in [3.63, 3.8) is 0 Å². The van der Waals surface area contributed by atoms with Crippen LogP contribution >= 0.6 is 0 Å². The highest BCUT2D eigenvalue weighted by atomic mass is 16.4. The lowest BCUT2D eigenvalue weighted by molar-refractivity contribution is 0.219. The van der Waals surface area contributed by atoms with E-state index in [9.17, 15) is 19.6 Å². The SMILES string of the molecule is CC[C@]1(NC(=O)NC(=O)NCc2ccccc2)C=CC=CC1B(O)O. The summed E-state index contributed by atoms with van der Waals surface area (Å²) < 4.78 is 0. The summed E-state index contributed by atoms with van der Waals surface area (Å²) in [7, 11) is -1.63. The molecule has 7 nitrogen and oxygen atoms in total. The van der Waals surface area contributed by atoms with E-state index in [4.69, 9.17) is 0 Å². The quantitative estimate of drug-likeness (QED) is 0.519. The van der Waals surface area contributed by atoms with Crippen LogP contribution < -0.4 is 16.0 Å². The Labute approximate surface area is 147 Å². The summed E-state index contributed by atoms with van der Waals surface area (Å²) in [6.45, 7) is 2.11. The molecular formula is C17H22BN3O4. The maximum absolute atomic E-state index is 12.2. The Bertz CT molecular complexity index is 663. The molecule has 0 aliphatic heterocycles. The van der Waals surface area contributed by atoms with Gasteiger partial charge in [-0.25, -0.2) is 9.59 Å². The molecule has 0 fully saturated rings. The van der Waals surface area contributed by atoms with E-state index in [1.54, 1.807) is 24.3 Å². The normalized spacial score (nSPS) is 21.5. The first kappa shape index (κ1) is 18.8. The van der Waals surface area contributed by atoms with E-state index < -0.39 is 30.5 Å². The van der Waals surface area contributed by atoms with Crippen molar-refractivity contribution >= 4 is 19.2 Å². The van der Waals surface area contributed by atoms with Crippen molar-refractivity contribution in [2.45, 2.75) is 31.2 Å². The zero-order chi connectivity index (χ0) is 18.3. The van der Waals surface area contributed by atoms with Gasteiger partial charge in [0.15, 0.2) is 0 Å². The van der Waals surface area contributed by atoms with Gasteiger partial charge in [-0.2, -0.15) is 0 Å². The second kappa shape index (κ2) is 8.50. The molecular weight excluding hydrogens is 321 g/mol. The minimum Gasteiger partial charge on any atom is -0.427 e. The maximum Gasteiger partial charge on any atom is 0.461 e. The maximum atomic E-state index is 12.2. The zero-order valence-electron chi connectivity index (χ0n) is 14.0. The predicted molar refractivity (Wildman–Crippen MR) is 95.6 cm³/mol. The lowest BCUT2D eigenvalue weighted by Crippen LogP contribution is -2.58. The number of rotatable bonds is 5. The Morgan fingerprint density at radius 3 is 2.52 bits per heavy atom. The van der Waals surface area contributed by atoms with E-state index >= 15 is 0 Å². The number of carbonyl (C=O) groups excluding carboxylic acids is 2. The molecule has 132 valence electrons. The van der Waals surface area contributed by atoms with Crippen molar-refractivity contribution < 1.29 is 19.6 Å². The van der Waals surface area contributed by atoms with Crippen LogP contribution in [-0.4, -0.2) is 34.8 Å². The van der Waals surface area contributed by atoms with Gasteiger partial charge in [0.2, 0.25) is 0 Å². The lowest BCUT2D eigenvalue weighted by Gasteiger charge is -2.38. The van der Waals surface area contributed by atoms with Crippen LogP contribution in [0, 0.1) is 0 Å². The number of hydrogen-bond acceptors (Lipinski definition) is 4. The summed E-state index contributed by atoms with van der Waals surface area (Å²) in [6, 6.07) is 7.96. The van der Waals surface area contributed by atoms with Crippen molar-refractivity contribution in [2.75, 3.05) is 0 Å². The van der Waals surface area contributed by atoms with Crippen LogP contribution in [0.3, 0.4) is 0 Å². The van der Waals surface area contributed by atoms with Crippen molar-refractivity contribution in [1.29, 1.82) is 0 Å². The van der Waals surface area contributed by atoms with Gasteiger partial charge in [0.1, 0.15) is 0 Å². The molecule has 1 aromatic carbocycles. The van der Waals surface area contributed by atoms with Crippen LogP contribution in [0.5, 0.6) is 0 Å². The standard InChI is InChI=1S/C17H22BN3O4/c1-2-17(11-7-6-10-14(17)18(24)25)21-16(23)20-15(22)19-12-13-8-4-3-5-9-13/h3-11,14,24-25H,2,12H2,1H3,(H3,19,20,21,22,23)/t14?,17-/m0/s1. The molecule has 2 rings (SSSR count). The second-order valence-corrected chi connectivity index (χ2v) is 5.82. The number of benzene rings is 1. The average molecular weight is 343 g/mol. The highest BCUT2D eigenvalue weighted by molar-refractivity contribution is 6.44.